The largest absolute Gasteiger partial charge is 0.360 e. The molecule has 2 heterocycles. The van der Waals surface area contributed by atoms with Gasteiger partial charge in [-0.05, 0) is 38.1 Å². The lowest BCUT2D eigenvalue weighted by Gasteiger charge is -2.24. The smallest absolute Gasteiger partial charge is 0.174 e. The van der Waals surface area contributed by atoms with E-state index >= 15 is 0 Å². The number of ketones is 1. The Bertz CT molecular complexity index is 492. The van der Waals surface area contributed by atoms with Crippen LogP contribution in [0, 0.1) is 5.92 Å². The van der Waals surface area contributed by atoms with E-state index in [1.165, 1.54) is 0 Å². The van der Waals surface area contributed by atoms with E-state index in [-0.39, 0.29) is 5.92 Å². The molecule has 0 aliphatic carbocycles. The summed E-state index contributed by atoms with van der Waals surface area (Å²) >= 11 is 1.59. The predicted octanol–water partition coefficient (Wildman–Crippen LogP) is 2.61. The zero-order chi connectivity index (χ0) is 12.4. The maximum absolute atomic E-state index is 12.4. The number of benzene rings is 1. The van der Waals surface area contributed by atoms with Gasteiger partial charge in [0.25, 0.3) is 0 Å². The van der Waals surface area contributed by atoms with Crippen LogP contribution in [0.5, 0.6) is 0 Å². The first-order valence-corrected chi connectivity index (χ1v) is 7.15. The van der Waals surface area contributed by atoms with Crippen LogP contribution in [-0.4, -0.2) is 18.9 Å². The summed E-state index contributed by atoms with van der Waals surface area (Å²) in [7, 11) is 0. The van der Waals surface area contributed by atoms with Crippen LogP contribution in [0.15, 0.2) is 40.3 Å². The molecule has 0 spiro atoms. The number of hydrogen-bond donors (Lipinski definition) is 2. The summed E-state index contributed by atoms with van der Waals surface area (Å²) in [5.74, 6) is 0.487. The van der Waals surface area contributed by atoms with Crippen LogP contribution in [0.1, 0.15) is 12.8 Å². The van der Waals surface area contributed by atoms with Gasteiger partial charge >= 0.3 is 0 Å². The van der Waals surface area contributed by atoms with Gasteiger partial charge in [-0.25, -0.2) is 0 Å². The molecule has 0 unspecified atom stereocenters. The van der Waals surface area contributed by atoms with E-state index in [1.54, 1.807) is 11.8 Å². The molecule has 0 bridgehead atoms. The van der Waals surface area contributed by atoms with Crippen molar-refractivity contribution in [3.63, 3.8) is 0 Å². The molecule has 0 saturated carbocycles. The average Bonchev–Trinajstić information content (AvgIpc) is 2.47. The van der Waals surface area contributed by atoms with Gasteiger partial charge in [0.1, 0.15) is 0 Å². The summed E-state index contributed by atoms with van der Waals surface area (Å²) in [6, 6.07) is 8.09. The van der Waals surface area contributed by atoms with E-state index in [2.05, 4.69) is 16.7 Å². The Hall–Kier alpha value is -1.26. The van der Waals surface area contributed by atoms with Crippen molar-refractivity contribution in [3.05, 3.63) is 35.4 Å². The van der Waals surface area contributed by atoms with Crippen LogP contribution >= 0.6 is 11.8 Å². The van der Waals surface area contributed by atoms with Gasteiger partial charge in [0.2, 0.25) is 0 Å². The van der Waals surface area contributed by atoms with Gasteiger partial charge in [-0.15, -0.1) is 0 Å². The van der Waals surface area contributed by atoms with Crippen LogP contribution in [0.4, 0.5) is 5.69 Å². The molecule has 18 heavy (non-hydrogen) atoms. The standard InChI is InChI=1S/C14H16N2OS/c17-14(10-5-7-15-8-6-10)13-9-16-11-3-1-2-4-12(11)18-13/h1-4,9-10,15-16H,5-8H2. The number of nitrogens with one attached hydrogen (secondary N) is 2. The fourth-order valence-corrected chi connectivity index (χ4v) is 3.38. The van der Waals surface area contributed by atoms with Gasteiger partial charge in [0.15, 0.2) is 5.78 Å². The third-order valence-corrected chi connectivity index (χ3v) is 4.53. The van der Waals surface area contributed by atoms with Crippen molar-refractivity contribution in [2.24, 2.45) is 5.92 Å². The molecule has 0 atom stereocenters. The number of fused-ring (bicyclic) bond motifs is 1. The topological polar surface area (TPSA) is 41.1 Å². The Balaban J connectivity index is 1.74. The quantitative estimate of drug-likeness (QED) is 0.857. The van der Waals surface area contributed by atoms with Crippen LogP contribution in [-0.2, 0) is 4.79 Å². The number of para-hydroxylation sites is 1. The molecule has 1 saturated heterocycles. The van der Waals surface area contributed by atoms with Crippen molar-refractivity contribution in [1.82, 2.24) is 5.32 Å². The van der Waals surface area contributed by atoms with E-state index in [0.29, 0.717) is 5.78 Å². The molecule has 0 radical (unpaired) electrons. The summed E-state index contributed by atoms with van der Waals surface area (Å²) in [5.41, 5.74) is 1.09. The molecule has 3 nitrogen and oxygen atoms in total. The highest BCUT2D eigenvalue weighted by Gasteiger charge is 2.26. The van der Waals surface area contributed by atoms with Crippen LogP contribution < -0.4 is 10.6 Å². The molecule has 3 rings (SSSR count). The van der Waals surface area contributed by atoms with E-state index < -0.39 is 0 Å². The van der Waals surface area contributed by atoms with Crippen molar-refractivity contribution in [3.8, 4) is 0 Å². The molecular formula is C14H16N2OS. The second kappa shape index (κ2) is 5.16. The monoisotopic (exact) mass is 260 g/mol. The van der Waals surface area contributed by atoms with Crippen molar-refractivity contribution in [2.75, 3.05) is 18.4 Å². The van der Waals surface area contributed by atoms with Gasteiger partial charge < -0.3 is 10.6 Å². The van der Waals surface area contributed by atoms with Crippen molar-refractivity contribution in [1.29, 1.82) is 0 Å². The van der Waals surface area contributed by atoms with Crippen molar-refractivity contribution >= 4 is 23.2 Å². The van der Waals surface area contributed by atoms with E-state index in [1.807, 2.05) is 24.4 Å². The molecule has 2 N–H and O–H groups in total. The highest BCUT2D eigenvalue weighted by atomic mass is 32.2. The van der Waals surface area contributed by atoms with E-state index in [9.17, 15) is 4.79 Å². The number of piperidine rings is 1. The molecule has 1 aromatic carbocycles. The molecule has 1 aromatic rings. The van der Waals surface area contributed by atoms with E-state index in [0.717, 1.165) is 41.4 Å². The van der Waals surface area contributed by atoms with Crippen molar-refractivity contribution in [2.45, 2.75) is 17.7 Å². The summed E-state index contributed by atoms with van der Waals surface area (Å²) in [6.07, 6.45) is 3.77. The van der Waals surface area contributed by atoms with Crippen molar-refractivity contribution < 1.29 is 4.79 Å². The van der Waals surface area contributed by atoms with Crippen LogP contribution in [0.2, 0.25) is 0 Å². The third-order valence-electron chi connectivity index (χ3n) is 3.42. The van der Waals surface area contributed by atoms with Gasteiger partial charge in [-0.1, -0.05) is 23.9 Å². The lowest BCUT2D eigenvalue weighted by molar-refractivity contribution is -0.119. The SMILES string of the molecule is O=C(C1=CNc2ccccc2S1)C1CCNCC1. The van der Waals surface area contributed by atoms with Gasteiger partial charge in [0.05, 0.1) is 10.6 Å². The Morgan fingerprint density at radius 1 is 1.22 bits per heavy atom. The zero-order valence-corrected chi connectivity index (χ0v) is 10.9. The highest BCUT2D eigenvalue weighted by molar-refractivity contribution is 8.04. The summed E-state index contributed by atoms with van der Waals surface area (Å²) < 4.78 is 0. The highest BCUT2D eigenvalue weighted by Crippen LogP contribution is 2.38. The fraction of sp³-hybridized carbons (Fsp3) is 0.357. The average molecular weight is 260 g/mol. The fourth-order valence-electron chi connectivity index (χ4n) is 2.37. The maximum atomic E-state index is 12.4. The van der Waals surface area contributed by atoms with Gasteiger partial charge in [0, 0.05) is 17.0 Å². The summed E-state index contributed by atoms with van der Waals surface area (Å²) in [4.78, 5) is 14.4. The lowest BCUT2D eigenvalue weighted by atomic mass is 9.93. The second-order valence-corrected chi connectivity index (χ2v) is 5.72. The molecule has 2 aliphatic rings. The van der Waals surface area contributed by atoms with Crippen LogP contribution in [0.25, 0.3) is 0 Å². The van der Waals surface area contributed by atoms with E-state index in [4.69, 9.17) is 0 Å². The molecule has 0 amide bonds. The van der Waals surface area contributed by atoms with Gasteiger partial charge in [-0.2, -0.15) is 0 Å². The van der Waals surface area contributed by atoms with Crippen LogP contribution in [0.3, 0.4) is 0 Å². The summed E-state index contributed by atoms with van der Waals surface area (Å²) in [5, 5.41) is 6.51. The molecule has 0 aromatic heterocycles. The number of hydrogen-bond acceptors (Lipinski definition) is 4. The third kappa shape index (κ3) is 2.31. The predicted molar refractivity (Wildman–Crippen MR) is 74.6 cm³/mol. The normalized spacial score (nSPS) is 19.7. The molecular weight excluding hydrogens is 244 g/mol. The molecule has 1 fully saturated rings. The Morgan fingerprint density at radius 2 is 2.00 bits per heavy atom. The number of Topliss-reactive ketones (excluding diaryl/α,β-unsaturated/α-hetero) is 1. The Morgan fingerprint density at radius 3 is 2.83 bits per heavy atom. The minimum Gasteiger partial charge on any atom is -0.360 e. The molecule has 4 heteroatoms. The number of allylic oxidation sites excluding steroid dienone is 1. The molecule has 94 valence electrons. The number of thioether (sulfide) groups is 1. The Labute approximate surface area is 111 Å². The minimum absolute atomic E-state index is 0.192. The first kappa shape index (κ1) is 11.8. The second-order valence-electron chi connectivity index (χ2n) is 4.64. The number of carbonyl (C=O) groups is 1. The number of rotatable bonds is 2. The maximum Gasteiger partial charge on any atom is 0.174 e. The zero-order valence-electron chi connectivity index (χ0n) is 10.1. The molecule has 2 aliphatic heterocycles. The minimum atomic E-state index is 0.192. The number of carbonyl (C=O) groups excluding carboxylic acids is 1. The number of anilines is 1. The summed E-state index contributed by atoms with van der Waals surface area (Å²) in [6.45, 7) is 1.91. The Kier molecular flexibility index (Phi) is 3.39. The van der Waals surface area contributed by atoms with Gasteiger partial charge in [-0.3, -0.25) is 4.79 Å². The lowest BCUT2D eigenvalue weighted by Crippen LogP contribution is -2.32. The first-order valence-electron chi connectivity index (χ1n) is 6.33. The first-order chi connectivity index (χ1) is 8.84.